The first-order valence-electron chi connectivity index (χ1n) is 6.99. The van der Waals surface area contributed by atoms with Crippen molar-refractivity contribution in [1.82, 2.24) is 0 Å². The molecule has 0 aromatic rings. The first-order chi connectivity index (χ1) is 7.74. The number of carbonyl (C=O) groups is 1. The summed E-state index contributed by atoms with van der Waals surface area (Å²) >= 11 is 0. The van der Waals surface area contributed by atoms with Crippen molar-refractivity contribution in [1.29, 1.82) is 0 Å². The Balaban J connectivity index is 2.65. The van der Waals surface area contributed by atoms with Gasteiger partial charge in [0, 0.05) is 12.3 Å². The van der Waals surface area contributed by atoms with Crippen molar-refractivity contribution in [2.45, 2.75) is 65.9 Å². The summed E-state index contributed by atoms with van der Waals surface area (Å²) in [4.78, 5) is 12.0. The second-order valence-electron chi connectivity index (χ2n) is 6.66. The average Bonchev–Trinajstić information content (AvgIpc) is 2.20. The lowest BCUT2D eigenvalue weighted by Crippen LogP contribution is -2.38. The van der Waals surface area contributed by atoms with Gasteiger partial charge in [-0.3, -0.25) is 4.79 Å². The van der Waals surface area contributed by atoms with Crippen LogP contribution in [0.25, 0.3) is 0 Å². The molecule has 0 aromatic carbocycles. The fourth-order valence-electron chi connectivity index (χ4n) is 2.68. The van der Waals surface area contributed by atoms with E-state index in [-0.39, 0.29) is 11.8 Å². The van der Waals surface area contributed by atoms with E-state index in [1.807, 2.05) is 20.8 Å². The fraction of sp³-hybridized carbons (Fsp3) is 0.933. The Kier molecular flexibility index (Phi) is 4.77. The SMILES string of the molecule is CC(C)C1CCC(=O)C(CC(C)(O)C(C)C)C1. The number of hydrogen-bond donors (Lipinski definition) is 1. The molecule has 0 saturated heterocycles. The van der Waals surface area contributed by atoms with E-state index >= 15 is 0 Å². The van der Waals surface area contributed by atoms with Gasteiger partial charge >= 0.3 is 0 Å². The highest BCUT2D eigenvalue weighted by atomic mass is 16.3. The van der Waals surface area contributed by atoms with Crippen molar-refractivity contribution in [3.05, 3.63) is 0 Å². The minimum absolute atomic E-state index is 0.0774. The summed E-state index contributed by atoms with van der Waals surface area (Å²) in [7, 11) is 0. The van der Waals surface area contributed by atoms with Crippen LogP contribution in [-0.2, 0) is 4.79 Å². The van der Waals surface area contributed by atoms with Crippen LogP contribution < -0.4 is 0 Å². The van der Waals surface area contributed by atoms with Crippen LogP contribution in [0.2, 0.25) is 0 Å². The predicted molar refractivity (Wildman–Crippen MR) is 70.8 cm³/mol. The zero-order valence-corrected chi connectivity index (χ0v) is 12.0. The lowest BCUT2D eigenvalue weighted by atomic mass is 9.71. The first kappa shape index (κ1) is 14.7. The van der Waals surface area contributed by atoms with Crippen LogP contribution in [0, 0.1) is 23.7 Å². The Hall–Kier alpha value is -0.370. The summed E-state index contributed by atoms with van der Waals surface area (Å²) in [5.41, 5.74) is -0.709. The van der Waals surface area contributed by atoms with Crippen LogP contribution in [0.5, 0.6) is 0 Å². The van der Waals surface area contributed by atoms with Crippen molar-refractivity contribution in [3.63, 3.8) is 0 Å². The largest absolute Gasteiger partial charge is 0.390 e. The zero-order chi connectivity index (χ0) is 13.2. The molecule has 3 unspecified atom stereocenters. The van der Waals surface area contributed by atoms with Gasteiger partial charge in [0.2, 0.25) is 0 Å². The summed E-state index contributed by atoms with van der Waals surface area (Å²) in [5.74, 6) is 1.95. The highest BCUT2D eigenvalue weighted by Crippen LogP contribution is 2.37. The smallest absolute Gasteiger partial charge is 0.136 e. The van der Waals surface area contributed by atoms with E-state index in [0.717, 1.165) is 12.8 Å². The topological polar surface area (TPSA) is 37.3 Å². The summed E-state index contributed by atoms with van der Waals surface area (Å²) in [6, 6.07) is 0. The maximum absolute atomic E-state index is 12.0. The van der Waals surface area contributed by atoms with Gasteiger partial charge in [-0.25, -0.2) is 0 Å². The van der Waals surface area contributed by atoms with Crippen molar-refractivity contribution >= 4 is 5.78 Å². The van der Waals surface area contributed by atoms with E-state index in [1.54, 1.807) is 0 Å². The Labute approximate surface area is 106 Å². The molecule has 0 amide bonds. The molecular formula is C15H28O2. The van der Waals surface area contributed by atoms with Gasteiger partial charge in [0.1, 0.15) is 5.78 Å². The zero-order valence-electron chi connectivity index (χ0n) is 12.0. The van der Waals surface area contributed by atoms with E-state index in [2.05, 4.69) is 13.8 Å². The molecule has 1 fully saturated rings. The summed E-state index contributed by atoms with van der Waals surface area (Å²) in [5, 5.41) is 10.3. The van der Waals surface area contributed by atoms with Crippen LogP contribution in [0.4, 0.5) is 0 Å². The second kappa shape index (κ2) is 5.51. The Morgan fingerprint density at radius 3 is 2.41 bits per heavy atom. The Bertz CT molecular complexity index is 266. The van der Waals surface area contributed by atoms with Crippen LogP contribution in [0.1, 0.15) is 60.3 Å². The number of aliphatic hydroxyl groups is 1. The molecule has 100 valence electrons. The van der Waals surface area contributed by atoms with Crippen LogP contribution in [0.15, 0.2) is 0 Å². The van der Waals surface area contributed by atoms with Gasteiger partial charge in [0.15, 0.2) is 0 Å². The molecule has 0 aliphatic heterocycles. The lowest BCUT2D eigenvalue weighted by Gasteiger charge is -2.36. The van der Waals surface area contributed by atoms with E-state index in [4.69, 9.17) is 0 Å². The summed E-state index contributed by atoms with van der Waals surface area (Å²) < 4.78 is 0. The monoisotopic (exact) mass is 240 g/mol. The van der Waals surface area contributed by atoms with Gasteiger partial charge < -0.3 is 5.11 Å². The fourth-order valence-corrected chi connectivity index (χ4v) is 2.68. The maximum atomic E-state index is 12.0. The van der Waals surface area contributed by atoms with Gasteiger partial charge in [-0.1, -0.05) is 27.7 Å². The molecule has 3 atom stereocenters. The van der Waals surface area contributed by atoms with Gasteiger partial charge in [0.05, 0.1) is 5.60 Å². The van der Waals surface area contributed by atoms with Gasteiger partial charge in [0.25, 0.3) is 0 Å². The number of hydrogen-bond acceptors (Lipinski definition) is 2. The van der Waals surface area contributed by atoms with Crippen molar-refractivity contribution < 1.29 is 9.90 Å². The molecule has 1 aliphatic rings. The molecule has 0 spiro atoms. The van der Waals surface area contributed by atoms with E-state index < -0.39 is 5.60 Å². The molecule has 1 saturated carbocycles. The Morgan fingerprint density at radius 1 is 1.35 bits per heavy atom. The normalized spacial score (nSPS) is 29.8. The molecule has 0 heterocycles. The highest BCUT2D eigenvalue weighted by Gasteiger charge is 2.36. The van der Waals surface area contributed by atoms with Gasteiger partial charge in [-0.05, 0) is 43.9 Å². The van der Waals surface area contributed by atoms with Crippen LogP contribution >= 0.6 is 0 Å². The molecule has 0 bridgehead atoms. The molecule has 2 nitrogen and oxygen atoms in total. The molecule has 0 aromatic heterocycles. The third kappa shape index (κ3) is 3.80. The number of carbonyl (C=O) groups excluding carboxylic acids is 1. The van der Waals surface area contributed by atoms with Crippen molar-refractivity contribution in [3.8, 4) is 0 Å². The quantitative estimate of drug-likeness (QED) is 0.817. The predicted octanol–water partition coefficient (Wildman–Crippen LogP) is 3.42. The first-order valence-corrected chi connectivity index (χ1v) is 6.99. The Morgan fingerprint density at radius 2 is 1.94 bits per heavy atom. The van der Waals surface area contributed by atoms with E-state index in [1.165, 1.54) is 0 Å². The van der Waals surface area contributed by atoms with Crippen molar-refractivity contribution in [2.75, 3.05) is 0 Å². The summed E-state index contributed by atoms with van der Waals surface area (Å²) in [6.07, 6.45) is 3.35. The van der Waals surface area contributed by atoms with Gasteiger partial charge in [-0.2, -0.15) is 0 Å². The number of ketones is 1. The highest BCUT2D eigenvalue weighted by molar-refractivity contribution is 5.81. The number of Topliss-reactive ketones (excluding diaryl/α,β-unsaturated/α-hetero) is 1. The second-order valence-corrected chi connectivity index (χ2v) is 6.66. The minimum Gasteiger partial charge on any atom is -0.390 e. The molecule has 2 heteroatoms. The van der Waals surface area contributed by atoms with E-state index in [9.17, 15) is 9.90 Å². The number of rotatable bonds is 4. The molecule has 1 rings (SSSR count). The molecular weight excluding hydrogens is 212 g/mol. The molecule has 0 radical (unpaired) electrons. The standard InChI is InChI=1S/C15H28O2/c1-10(2)12-6-7-14(16)13(8-12)9-15(5,17)11(3)4/h10-13,17H,6-9H2,1-5H3. The maximum Gasteiger partial charge on any atom is 0.136 e. The molecule has 1 N–H and O–H groups in total. The summed E-state index contributed by atoms with van der Waals surface area (Å²) in [6.45, 7) is 10.4. The van der Waals surface area contributed by atoms with Gasteiger partial charge in [-0.15, -0.1) is 0 Å². The lowest BCUT2D eigenvalue weighted by molar-refractivity contribution is -0.129. The average molecular weight is 240 g/mol. The van der Waals surface area contributed by atoms with Crippen LogP contribution in [0.3, 0.4) is 0 Å². The molecule has 17 heavy (non-hydrogen) atoms. The van der Waals surface area contributed by atoms with Crippen LogP contribution in [-0.4, -0.2) is 16.5 Å². The third-order valence-corrected chi connectivity index (χ3v) is 4.65. The third-order valence-electron chi connectivity index (χ3n) is 4.65. The van der Waals surface area contributed by atoms with E-state index in [0.29, 0.717) is 30.5 Å². The minimum atomic E-state index is -0.709. The molecule has 1 aliphatic carbocycles. The van der Waals surface area contributed by atoms with Crippen molar-refractivity contribution in [2.24, 2.45) is 23.7 Å².